The van der Waals surface area contributed by atoms with E-state index in [1.54, 1.807) is 32.2 Å². The van der Waals surface area contributed by atoms with E-state index in [1.807, 2.05) is 37.3 Å². The van der Waals surface area contributed by atoms with Crippen LogP contribution in [-0.4, -0.2) is 25.6 Å². The van der Waals surface area contributed by atoms with Gasteiger partial charge in [0.15, 0.2) is 6.61 Å². The zero-order valence-electron chi connectivity index (χ0n) is 14.0. The van der Waals surface area contributed by atoms with E-state index < -0.39 is 5.97 Å². The second kappa shape index (κ2) is 8.15. The normalized spacial score (nSPS) is 11.5. The van der Waals surface area contributed by atoms with Gasteiger partial charge in [-0.05, 0) is 43.2 Å². The highest BCUT2D eigenvalue weighted by Crippen LogP contribution is 2.17. The van der Waals surface area contributed by atoms with Crippen LogP contribution in [0, 0.1) is 6.92 Å². The predicted octanol–water partition coefficient (Wildman–Crippen LogP) is 3.04. The Balaban J connectivity index is 1.88. The van der Waals surface area contributed by atoms with Crippen molar-refractivity contribution in [2.75, 3.05) is 13.7 Å². The van der Waals surface area contributed by atoms with Gasteiger partial charge in [-0.3, -0.25) is 4.79 Å². The molecule has 2 aromatic rings. The van der Waals surface area contributed by atoms with Gasteiger partial charge >= 0.3 is 5.97 Å². The number of carbonyl (C=O) groups excluding carboxylic acids is 2. The second-order valence-corrected chi connectivity index (χ2v) is 5.46. The van der Waals surface area contributed by atoms with E-state index in [1.165, 1.54) is 0 Å². The Kier molecular flexibility index (Phi) is 5.95. The molecule has 0 radical (unpaired) electrons. The lowest BCUT2D eigenvalue weighted by atomic mass is 10.1. The highest BCUT2D eigenvalue weighted by atomic mass is 16.5. The minimum absolute atomic E-state index is 0.153. The van der Waals surface area contributed by atoms with Crippen LogP contribution in [0.5, 0.6) is 5.75 Å². The van der Waals surface area contributed by atoms with Gasteiger partial charge in [0, 0.05) is 0 Å². The number of carbonyl (C=O) groups is 2. The van der Waals surface area contributed by atoms with Crippen LogP contribution >= 0.6 is 0 Å². The Morgan fingerprint density at radius 3 is 2.46 bits per heavy atom. The first-order chi connectivity index (χ1) is 11.5. The molecule has 1 atom stereocenters. The zero-order chi connectivity index (χ0) is 17.5. The fourth-order valence-electron chi connectivity index (χ4n) is 2.31. The summed E-state index contributed by atoms with van der Waals surface area (Å²) < 4.78 is 10.2. The van der Waals surface area contributed by atoms with Crippen molar-refractivity contribution in [3.05, 3.63) is 65.2 Å². The molecule has 24 heavy (non-hydrogen) atoms. The van der Waals surface area contributed by atoms with Gasteiger partial charge < -0.3 is 14.8 Å². The number of nitrogens with one attached hydrogen (secondary N) is 1. The first kappa shape index (κ1) is 17.5. The Morgan fingerprint density at radius 1 is 1.12 bits per heavy atom. The quantitative estimate of drug-likeness (QED) is 0.828. The maximum absolute atomic E-state index is 12.1. The molecule has 2 aromatic carbocycles. The molecule has 0 fully saturated rings. The van der Waals surface area contributed by atoms with Crippen molar-refractivity contribution in [3.8, 4) is 5.75 Å². The van der Waals surface area contributed by atoms with E-state index in [2.05, 4.69) is 5.32 Å². The van der Waals surface area contributed by atoms with Gasteiger partial charge in [-0.15, -0.1) is 0 Å². The first-order valence-electron chi connectivity index (χ1n) is 7.67. The molecular weight excluding hydrogens is 306 g/mol. The summed E-state index contributed by atoms with van der Waals surface area (Å²) in [6.07, 6.45) is 0. The van der Waals surface area contributed by atoms with Gasteiger partial charge in [-0.25, -0.2) is 4.79 Å². The zero-order valence-corrected chi connectivity index (χ0v) is 14.0. The van der Waals surface area contributed by atoms with Crippen LogP contribution in [0.4, 0.5) is 0 Å². The summed E-state index contributed by atoms with van der Waals surface area (Å²) in [5.41, 5.74) is 2.14. The van der Waals surface area contributed by atoms with E-state index in [9.17, 15) is 9.59 Å². The average Bonchev–Trinajstić information content (AvgIpc) is 2.60. The fourth-order valence-corrected chi connectivity index (χ4v) is 2.31. The molecule has 0 heterocycles. The lowest BCUT2D eigenvalue weighted by molar-refractivity contribution is -0.124. The van der Waals surface area contributed by atoms with Crippen LogP contribution in [-0.2, 0) is 9.53 Å². The third-order valence-electron chi connectivity index (χ3n) is 3.66. The molecule has 126 valence electrons. The van der Waals surface area contributed by atoms with E-state index in [4.69, 9.17) is 9.47 Å². The molecule has 0 aliphatic rings. The third-order valence-corrected chi connectivity index (χ3v) is 3.66. The molecule has 0 aromatic heterocycles. The summed E-state index contributed by atoms with van der Waals surface area (Å²) >= 11 is 0. The van der Waals surface area contributed by atoms with Crippen molar-refractivity contribution < 1.29 is 19.1 Å². The second-order valence-electron chi connectivity index (χ2n) is 5.46. The van der Waals surface area contributed by atoms with Crippen LogP contribution in [0.1, 0.15) is 34.5 Å². The topological polar surface area (TPSA) is 64.6 Å². The molecule has 5 nitrogen and oxygen atoms in total. The van der Waals surface area contributed by atoms with Crippen LogP contribution in [0.2, 0.25) is 0 Å². The molecule has 2 rings (SSSR count). The van der Waals surface area contributed by atoms with E-state index in [0.29, 0.717) is 11.3 Å². The number of benzene rings is 2. The maximum atomic E-state index is 12.1. The van der Waals surface area contributed by atoms with Crippen LogP contribution < -0.4 is 10.1 Å². The minimum Gasteiger partial charge on any atom is -0.497 e. The minimum atomic E-state index is -0.530. The van der Waals surface area contributed by atoms with E-state index >= 15 is 0 Å². The lowest BCUT2D eigenvalue weighted by Gasteiger charge is -2.14. The molecule has 5 heteroatoms. The van der Waals surface area contributed by atoms with Gasteiger partial charge in [0.05, 0.1) is 18.7 Å². The Hall–Kier alpha value is -2.82. The van der Waals surface area contributed by atoms with Crippen molar-refractivity contribution in [1.82, 2.24) is 5.32 Å². The fraction of sp³-hybridized carbons (Fsp3) is 0.263. The van der Waals surface area contributed by atoms with Gasteiger partial charge in [-0.2, -0.15) is 0 Å². The van der Waals surface area contributed by atoms with Gasteiger partial charge in [0.1, 0.15) is 5.75 Å². The van der Waals surface area contributed by atoms with Crippen molar-refractivity contribution in [1.29, 1.82) is 0 Å². The molecule has 0 saturated carbocycles. The largest absolute Gasteiger partial charge is 0.497 e. The molecule has 0 spiro atoms. The molecule has 0 aliphatic heterocycles. The number of ether oxygens (including phenoxy) is 2. The third kappa shape index (κ3) is 4.59. The highest BCUT2D eigenvalue weighted by Gasteiger charge is 2.15. The maximum Gasteiger partial charge on any atom is 0.338 e. The molecule has 0 unspecified atom stereocenters. The Labute approximate surface area is 141 Å². The van der Waals surface area contributed by atoms with Gasteiger partial charge in [-0.1, -0.05) is 30.3 Å². The molecule has 0 saturated heterocycles. The smallest absolute Gasteiger partial charge is 0.338 e. The van der Waals surface area contributed by atoms with Crippen molar-refractivity contribution in [2.24, 2.45) is 0 Å². The Bertz CT molecular complexity index is 713. The summed E-state index contributed by atoms with van der Waals surface area (Å²) in [5, 5.41) is 2.80. The molecule has 1 N–H and O–H groups in total. The van der Waals surface area contributed by atoms with E-state index in [-0.39, 0.29) is 18.6 Å². The number of methoxy groups -OCH3 is 1. The van der Waals surface area contributed by atoms with Crippen LogP contribution in [0.25, 0.3) is 0 Å². The molecule has 1 amide bonds. The summed E-state index contributed by atoms with van der Waals surface area (Å²) in [4.78, 5) is 24.0. The molecule has 0 bridgehead atoms. The number of hydrogen-bond donors (Lipinski definition) is 1. The van der Waals surface area contributed by atoms with Crippen LogP contribution in [0.3, 0.4) is 0 Å². The average molecular weight is 327 g/mol. The lowest BCUT2D eigenvalue weighted by Crippen LogP contribution is -2.31. The Morgan fingerprint density at radius 2 is 1.83 bits per heavy atom. The number of hydrogen-bond acceptors (Lipinski definition) is 4. The van der Waals surface area contributed by atoms with Crippen molar-refractivity contribution in [3.63, 3.8) is 0 Å². The summed E-state index contributed by atoms with van der Waals surface area (Å²) in [6, 6.07) is 14.5. The monoisotopic (exact) mass is 327 g/mol. The number of esters is 1. The SMILES string of the molecule is COc1ccc(C(=O)OCC(=O)N[C@H](C)c2ccccc2)c(C)c1. The summed E-state index contributed by atoms with van der Waals surface area (Å²) in [6.45, 7) is 3.35. The highest BCUT2D eigenvalue weighted by molar-refractivity contribution is 5.92. The first-order valence-corrected chi connectivity index (χ1v) is 7.67. The molecule has 0 aliphatic carbocycles. The number of amides is 1. The number of rotatable bonds is 6. The van der Waals surface area contributed by atoms with Crippen molar-refractivity contribution in [2.45, 2.75) is 19.9 Å². The predicted molar refractivity (Wildman–Crippen MR) is 91.0 cm³/mol. The van der Waals surface area contributed by atoms with Gasteiger partial charge in [0.25, 0.3) is 5.91 Å². The summed E-state index contributed by atoms with van der Waals surface area (Å²) in [5.74, 6) is -0.206. The van der Waals surface area contributed by atoms with Gasteiger partial charge in [0.2, 0.25) is 0 Å². The van der Waals surface area contributed by atoms with E-state index in [0.717, 1.165) is 11.1 Å². The van der Waals surface area contributed by atoms with Crippen molar-refractivity contribution >= 4 is 11.9 Å². The standard InChI is InChI=1S/C19H21NO4/c1-13-11-16(23-3)9-10-17(13)19(22)24-12-18(21)20-14(2)15-7-5-4-6-8-15/h4-11,14H,12H2,1-3H3,(H,20,21)/t14-/m1/s1. The summed E-state index contributed by atoms with van der Waals surface area (Å²) in [7, 11) is 1.56. The van der Waals surface area contributed by atoms with Crippen LogP contribution in [0.15, 0.2) is 48.5 Å². The number of aryl methyl sites for hydroxylation is 1. The molecular formula is C19H21NO4.